The van der Waals surface area contributed by atoms with E-state index in [0.29, 0.717) is 5.41 Å². The van der Waals surface area contributed by atoms with Crippen molar-refractivity contribution in [1.29, 1.82) is 0 Å². The maximum atomic E-state index is 2.39. The Bertz CT molecular complexity index is 622. The molecular weight excluding hydrogens is 192 g/mol. The molecule has 16 heavy (non-hydrogen) atoms. The van der Waals surface area contributed by atoms with Crippen molar-refractivity contribution in [2.24, 2.45) is 0 Å². The molecule has 0 saturated heterocycles. The first-order valence-corrected chi connectivity index (χ1v) is 5.94. The lowest BCUT2D eigenvalue weighted by atomic mass is 9.64. The summed E-state index contributed by atoms with van der Waals surface area (Å²) in [5, 5.41) is 0. The Balaban J connectivity index is 2.15. The number of rotatable bonds is 0. The minimum absolute atomic E-state index is 0.313. The summed E-state index contributed by atoms with van der Waals surface area (Å²) in [7, 11) is 0. The lowest BCUT2D eigenvalue weighted by Crippen LogP contribution is -2.34. The van der Waals surface area contributed by atoms with Gasteiger partial charge in [0.1, 0.15) is 0 Å². The van der Waals surface area contributed by atoms with Gasteiger partial charge in [-0.15, -0.1) is 0 Å². The molecule has 1 unspecified atom stereocenters. The summed E-state index contributed by atoms with van der Waals surface area (Å²) < 4.78 is 0. The zero-order chi connectivity index (χ0) is 10.9. The first kappa shape index (κ1) is 8.58. The van der Waals surface area contributed by atoms with Crippen LogP contribution in [0.15, 0.2) is 36.4 Å². The third kappa shape index (κ3) is 0.755. The van der Waals surface area contributed by atoms with Gasteiger partial charge in [-0.3, -0.25) is 0 Å². The normalized spacial score (nSPS) is 23.6. The monoisotopic (exact) mass is 206 g/mol. The van der Waals surface area contributed by atoms with E-state index in [4.69, 9.17) is 0 Å². The fourth-order valence-electron chi connectivity index (χ4n) is 3.57. The molecule has 0 aromatic heterocycles. The van der Waals surface area contributed by atoms with E-state index in [1.807, 2.05) is 0 Å². The van der Waals surface area contributed by atoms with Gasteiger partial charge in [-0.1, -0.05) is 48.9 Å². The molecule has 0 spiro atoms. The summed E-state index contributed by atoms with van der Waals surface area (Å²) in [5.41, 5.74) is 9.31. The second-order valence-electron chi connectivity index (χ2n) is 5.40. The van der Waals surface area contributed by atoms with Crippen molar-refractivity contribution >= 4 is 0 Å². The van der Waals surface area contributed by atoms with Crippen molar-refractivity contribution in [3.8, 4) is 11.1 Å². The van der Waals surface area contributed by atoms with Crippen LogP contribution in [0.2, 0.25) is 0 Å². The van der Waals surface area contributed by atoms with Crippen LogP contribution in [0.3, 0.4) is 0 Å². The zero-order valence-electron chi connectivity index (χ0n) is 9.67. The average molecular weight is 206 g/mol. The average Bonchev–Trinajstić information content (AvgIpc) is 2.47. The van der Waals surface area contributed by atoms with E-state index < -0.39 is 0 Å². The lowest BCUT2D eigenvalue weighted by molar-refractivity contribution is 0.512. The highest BCUT2D eigenvalue weighted by Crippen LogP contribution is 2.57. The van der Waals surface area contributed by atoms with Crippen LogP contribution in [0.25, 0.3) is 11.1 Å². The molecule has 78 valence electrons. The van der Waals surface area contributed by atoms with E-state index in [1.54, 1.807) is 16.7 Å². The first-order chi connectivity index (χ1) is 7.70. The Morgan fingerprint density at radius 1 is 1.06 bits per heavy atom. The Kier molecular flexibility index (Phi) is 1.29. The number of benzene rings is 2. The van der Waals surface area contributed by atoms with E-state index >= 15 is 0 Å². The van der Waals surface area contributed by atoms with Gasteiger partial charge in [0.15, 0.2) is 0 Å². The lowest BCUT2D eigenvalue weighted by Gasteiger charge is -2.38. The summed E-state index contributed by atoms with van der Waals surface area (Å²) in [6, 6.07) is 13.6. The third-order valence-electron chi connectivity index (χ3n) is 4.31. The van der Waals surface area contributed by atoms with Crippen LogP contribution in [-0.2, 0) is 11.8 Å². The molecule has 0 nitrogen and oxygen atoms in total. The molecule has 0 aliphatic heterocycles. The molecule has 2 aliphatic rings. The minimum Gasteiger partial charge on any atom is -0.0614 e. The van der Waals surface area contributed by atoms with Gasteiger partial charge in [-0.05, 0) is 41.2 Å². The van der Waals surface area contributed by atoms with Gasteiger partial charge < -0.3 is 0 Å². The minimum atomic E-state index is 0.313. The molecular formula is C16H14. The number of hydrogen-bond acceptors (Lipinski definition) is 0. The van der Waals surface area contributed by atoms with Crippen LogP contribution in [0.4, 0.5) is 0 Å². The molecule has 0 radical (unpaired) electrons. The molecule has 2 aromatic rings. The number of hydrogen-bond donors (Lipinski definition) is 0. The molecule has 0 N–H and O–H groups in total. The van der Waals surface area contributed by atoms with Gasteiger partial charge >= 0.3 is 0 Å². The highest BCUT2D eigenvalue weighted by Gasteiger charge is 2.47. The molecule has 2 aromatic carbocycles. The van der Waals surface area contributed by atoms with Crippen LogP contribution in [0, 0.1) is 6.92 Å². The van der Waals surface area contributed by atoms with Crippen LogP contribution in [0.1, 0.15) is 29.2 Å². The molecule has 0 saturated carbocycles. The Morgan fingerprint density at radius 3 is 2.81 bits per heavy atom. The van der Waals surface area contributed by atoms with Crippen LogP contribution >= 0.6 is 0 Å². The fraction of sp³-hybridized carbons (Fsp3) is 0.250. The maximum absolute atomic E-state index is 2.39. The van der Waals surface area contributed by atoms with Crippen LogP contribution in [0.5, 0.6) is 0 Å². The second-order valence-corrected chi connectivity index (χ2v) is 5.40. The standard InChI is InChI=1S/C16H14/c1-10-6-7-12-13-5-3-4-11-9-16(2,15(11)13)14(12)8-10/h3-8H,9H2,1-2H3. The van der Waals surface area contributed by atoms with Crippen molar-refractivity contribution in [3.63, 3.8) is 0 Å². The van der Waals surface area contributed by atoms with Gasteiger partial charge in [-0.2, -0.15) is 0 Å². The quantitative estimate of drug-likeness (QED) is 0.614. The van der Waals surface area contributed by atoms with E-state index in [1.165, 1.54) is 23.1 Å². The molecule has 0 heterocycles. The van der Waals surface area contributed by atoms with Gasteiger partial charge in [0.2, 0.25) is 0 Å². The van der Waals surface area contributed by atoms with Gasteiger partial charge in [0, 0.05) is 5.41 Å². The van der Waals surface area contributed by atoms with Gasteiger partial charge in [-0.25, -0.2) is 0 Å². The van der Waals surface area contributed by atoms with Crippen LogP contribution < -0.4 is 0 Å². The predicted molar refractivity (Wildman–Crippen MR) is 66.8 cm³/mol. The van der Waals surface area contributed by atoms with E-state index in [9.17, 15) is 0 Å². The summed E-state index contributed by atoms with van der Waals surface area (Å²) >= 11 is 0. The topological polar surface area (TPSA) is 0 Å². The molecule has 1 atom stereocenters. The van der Waals surface area contributed by atoms with E-state index in [0.717, 1.165) is 0 Å². The van der Waals surface area contributed by atoms with Crippen molar-refractivity contribution in [2.75, 3.05) is 0 Å². The second kappa shape index (κ2) is 2.40. The molecule has 0 heteroatoms. The zero-order valence-corrected chi connectivity index (χ0v) is 9.67. The summed E-state index contributed by atoms with van der Waals surface area (Å²) in [6.45, 7) is 4.58. The molecule has 4 rings (SSSR count). The first-order valence-electron chi connectivity index (χ1n) is 5.94. The SMILES string of the molecule is Cc1ccc2c(c1)C1(C)Cc3cccc-2c31. The Morgan fingerprint density at radius 2 is 1.94 bits per heavy atom. The smallest absolute Gasteiger partial charge is 0.0230 e. The van der Waals surface area contributed by atoms with Gasteiger partial charge in [0.05, 0.1) is 0 Å². The Hall–Kier alpha value is -1.56. The van der Waals surface area contributed by atoms with Gasteiger partial charge in [0.25, 0.3) is 0 Å². The number of fused-ring (bicyclic) bond motifs is 3. The van der Waals surface area contributed by atoms with Crippen molar-refractivity contribution in [3.05, 3.63) is 58.7 Å². The summed E-state index contributed by atoms with van der Waals surface area (Å²) in [4.78, 5) is 0. The largest absolute Gasteiger partial charge is 0.0614 e. The molecule has 2 aliphatic carbocycles. The maximum Gasteiger partial charge on any atom is 0.0230 e. The van der Waals surface area contributed by atoms with E-state index in [-0.39, 0.29) is 0 Å². The molecule has 0 amide bonds. The molecule has 0 fully saturated rings. The van der Waals surface area contributed by atoms with Crippen molar-refractivity contribution < 1.29 is 0 Å². The summed E-state index contributed by atoms with van der Waals surface area (Å²) in [5.74, 6) is 0. The van der Waals surface area contributed by atoms with Crippen molar-refractivity contribution in [2.45, 2.75) is 25.7 Å². The van der Waals surface area contributed by atoms with E-state index in [2.05, 4.69) is 50.2 Å². The fourth-order valence-corrected chi connectivity index (χ4v) is 3.57. The molecule has 0 bridgehead atoms. The van der Waals surface area contributed by atoms with Crippen molar-refractivity contribution in [1.82, 2.24) is 0 Å². The highest BCUT2D eigenvalue weighted by molar-refractivity contribution is 5.85. The summed E-state index contributed by atoms with van der Waals surface area (Å²) in [6.07, 6.45) is 1.21. The highest BCUT2D eigenvalue weighted by atomic mass is 14.5. The van der Waals surface area contributed by atoms with Crippen LogP contribution in [-0.4, -0.2) is 0 Å². The predicted octanol–water partition coefficient (Wildman–Crippen LogP) is 3.84. The third-order valence-corrected chi connectivity index (χ3v) is 4.31. The number of aryl methyl sites for hydroxylation is 1. The Labute approximate surface area is 95.9 Å².